The van der Waals surface area contributed by atoms with Gasteiger partial charge < -0.3 is 4.74 Å². The number of halogens is 1. The first kappa shape index (κ1) is 12.3. The maximum atomic E-state index is 13.5. The van der Waals surface area contributed by atoms with Gasteiger partial charge in [-0.3, -0.25) is 4.79 Å². The number of aldehydes is 1. The molecule has 0 saturated carbocycles. The van der Waals surface area contributed by atoms with E-state index in [2.05, 4.69) is 0 Å². The average Bonchev–Trinajstić information content (AvgIpc) is 2.38. The quantitative estimate of drug-likeness (QED) is 0.771. The van der Waals surface area contributed by atoms with Gasteiger partial charge in [0.05, 0.1) is 12.7 Å². The number of aryl methyl sites for hydroxylation is 1. The molecule has 0 N–H and O–H groups in total. The van der Waals surface area contributed by atoms with Crippen molar-refractivity contribution in [3.8, 4) is 16.9 Å². The highest BCUT2D eigenvalue weighted by Gasteiger charge is 2.06. The van der Waals surface area contributed by atoms with E-state index in [1.807, 2.05) is 25.1 Å². The van der Waals surface area contributed by atoms with Crippen LogP contribution in [0.25, 0.3) is 11.1 Å². The van der Waals surface area contributed by atoms with E-state index in [0.717, 1.165) is 22.4 Å². The fourth-order valence-electron chi connectivity index (χ4n) is 1.86. The van der Waals surface area contributed by atoms with E-state index in [4.69, 9.17) is 4.74 Å². The fourth-order valence-corrected chi connectivity index (χ4v) is 1.86. The van der Waals surface area contributed by atoms with Gasteiger partial charge >= 0.3 is 0 Å². The topological polar surface area (TPSA) is 26.3 Å². The van der Waals surface area contributed by atoms with Gasteiger partial charge in [0, 0.05) is 0 Å². The molecule has 0 amide bonds. The van der Waals surface area contributed by atoms with Gasteiger partial charge in [0.25, 0.3) is 0 Å². The number of ether oxygens (including phenoxy) is 1. The van der Waals surface area contributed by atoms with Crippen LogP contribution in [0.3, 0.4) is 0 Å². The van der Waals surface area contributed by atoms with Crippen molar-refractivity contribution in [3.63, 3.8) is 0 Å². The molecule has 92 valence electrons. The number of carbonyl (C=O) groups is 1. The molecule has 0 heterocycles. The first-order valence-corrected chi connectivity index (χ1v) is 5.55. The van der Waals surface area contributed by atoms with Crippen LogP contribution >= 0.6 is 0 Å². The zero-order chi connectivity index (χ0) is 13.1. The fraction of sp³-hybridized carbons (Fsp3) is 0.133. The lowest BCUT2D eigenvalue weighted by molar-refractivity contribution is 0.112. The highest BCUT2D eigenvalue weighted by Crippen LogP contribution is 2.26. The maximum absolute atomic E-state index is 13.5. The largest absolute Gasteiger partial charge is 0.496 e. The van der Waals surface area contributed by atoms with E-state index in [0.29, 0.717) is 6.29 Å². The summed E-state index contributed by atoms with van der Waals surface area (Å²) in [6.45, 7) is 1.93. The van der Waals surface area contributed by atoms with Gasteiger partial charge in [0.1, 0.15) is 11.6 Å². The monoisotopic (exact) mass is 244 g/mol. The lowest BCUT2D eigenvalue weighted by Crippen LogP contribution is -1.90. The second kappa shape index (κ2) is 5.00. The number of benzene rings is 2. The summed E-state index contributed by atoms with van der Waals surface area (Å²) in [6.07, 6.45) is 0.512. The molecular weight excluding hydrogens is 231 g/mol. The molecule has 2 aromatic rings. The summed E-state index contributed by atoms with van der Waals surface area (Å²) in [5, 5.41) is 0. The zero-order valence-corrected chi connectivity index (χ0v) is 10.2. The van der Waals surface area contributed by atoms with Gasteiger partial charge in [-0.25, -0.2) is 4.39 Å². The molecule has 2 nitrogen and oxygen atoms in total. The molecule has 0 atom stereocenters. The van der Waals surface area contributed by atoms with Crippen molar-refractivity contribution in [1.29, 1.82) is 0 Å². The lowest BCUT2D eigenvalue weighted by Gasteiger charge is -2.08. The minimum absolute atomic E-state index is 0.0731. The second-order valence-corrected chi connectivity index (χ2v) is 4.04. The third-order valence-electron chi connectivity index (χ3n) is 2.86. The molecule has 2 aromatic carbocycles. The number of hydrogen-bond acceptors (Lipinski definition) is 2. The van der Waals surface area contributed by atoms with E-state index in [-0.39, 0.29) is 5.56 Å². The molecule has 0 radical (unpaired) electrons. The van der Waals surface area contributed by atoms with E-state index in [1.54, 1.807) is 13.2 Å². The molecule has 0 saturated heterocycles. The van der Waals surface area contributed by atoms with Crippen LogP contribution in [0.5, 0.6) is 5.75 Å². The van der Waals surface area contributed by atoms with Crippen LogP contribution in [0.1, 0.15) is 15.9 Å². The number of methoxy groups -OCH3 is 1. The molecule has 0 bridgehead atoms. The Morgan fingerprint density at radius 1 is 1.11 bits per heavy atom. The van der Waals surface area contributed by atoms with E-state index in [9.17, 15) is 9.18 Å². The van der Waals surface area contributed by atoms with Crippen LogP contribution in [0.15, 0.2) is 36.4 Å². The Kier molecular flexibility index (Phi) is 3.42. The zero-order valence-electron chi connectivity index (χ0n) is 10.2. The van der Waals surface area contributed by atoms with Crippen molar-refractivity contribution in [2.24, 2.45) is 0 Å². The van der Waals surface area contributed by atoms with Crippen molar-refractivity contribution < 1.29 is 13.9 Å². The minimum Gasteiger partial charge on any atom is -0.496 e. The molecule has 0 fully saturated rings. The third-order valence-corrected chi connectivity index (χ3v) is 2.86. The van der Waals surface area contributed by atoms with E-state index >= 15 is 0 Å². The Morgan fingerprint density at radius 2 is 1.78 bits per heavy atom. The predicted molar refractivity (Wildman–Crippen MR) is 68.5 cm³/mol. The summed E-state index contributed by atoms with van der Waals surface area (Å²) >= 11 is 0. The van der Waals surface area contributed by atoms with Crippen molar-refractivity contribution in [1.82, 2.24) is 0 Å². The Bertz CT molecular complexity index is 591. The molecule has 0 unspecified atom stereocenters. The molecule has 0 spiro atoms. The highest BCUT2D eigenvalue weighted by molar-refractivity contribution is 5.77. The van der Waals surface area contributed by atoms with Crippen LogP contribution in [-0.4, -0.2) is 13.4 Å². The average molecular weight is 244 g/mol. The summed E-state index contributed by atoms with van der Waals surface area (Å²) in [4.78, 5) is 10.6. The standard InChI is InChI=1S/C15H13FO2/c1-10-7-11(5-6-15(10)18-2)12-3-4-13(9-17)14(16)8-12/h3-9H,1-2H3. The molecule has 0 aliphatic carbocycles. The normalized spacial score (nSPS) is 10.2. The molecule has 0 aliphatic rings. The summed E-state index contributed by atoms with van der Waals surface area (Å²) in [5.41, 5.74) is 2.69. The SMILES string of the molecule is COc1ccc(-c2ccc(C=O)c(F)c2)cc1C. The van der Waals surface area contributed by atoms with Crippen molar-refractivity contribution in [2.75, 3.05) is 7.11 Å². The van der Waals surface area contributed by atoms with Gasteiger partial charge in [-0.15, -0.1) is 0 Å². The second-order valence-electron chi connectivity index (χ2n) is 4.04. The van der Waals surface area contributed by atoms with Gasteiger partial charge in [0.2, 0.25) is 0 Å². The van der Waals surface area contributed by atoms with Gasteiger partial charge in [-0.05, 0) is 47.9 Å². The Labute approximate surface area is 105 Å². The number of carbonyl (C=O) groups excluding carboxylic acids is 1. The Hall–Kier alpha value is -2.16. The van der Waals surface area contributed by atoms with Crippen molar-refractivity contribution in [2.45, 2.75) is 6.92 Å². The molecule has 0 aromatic heterocycles. The smallest absolute Gasteiger partial charge is 0.152 e. The first-order valence-electron chi connectivity index (χ1n) is 5.55. The molecule has 0 aliphatic heterocycles. The van der Waals surface area contributed by atoms with Crippen LogP contribution < -0.4 is 4.74 Å². The first-order chi connectivity index (χ1) is 8.65. The van der Waals surface area contributed by atoms with E-state index < -0.39 is 5.82 Å². The Morgan fingerprint density at radius 3 is 2.33 bits per heavy atom. The minimum atomic E-state index is -0.504. The summed E-state index contributed by atoms with van der Waals surface area (Å²) in [7, 11) is 1.61. The maximum Gasteiger partial charge on any atom is 0.152 e. The predicted octanol–water partition coefficient (Wildman–Crippen LogP) is 3.62. The van der Waals surface area contributed by atoms with Crippen molar-refractivity contribution >= 4 is 6.29 Å². The lowest BCUT2D eigenvalue weighted by atomic mass is 10.0. The van der Waals surface area contributed by atoms with Crippen LogP contribution in [0.4, 0.5) is 4.39 Å². The summed E-state index contributed by atoms with van der Waals surface area (Å²) < 4.78 is 18.7. The van der Waals surface area contributed by atoms with E-state index in [1.165, 1.54) is 12.1 Å². The summed E-state index contributed by atoms with van der Waals surface area (Å²) in [6, 6.07) is 10.2. The van der Waals surface area contributed by atoms with Gasteiger partial charge in [0.15, 0.2) is 6.29 Å². The van der Waals surface area contributed by atoms with Crippen LogP contribution in [-0.2, 0) is 0 Å². The molecule has 18 heavy (non-hydrogen) atoms. The van der Waals surface area contributed by atoms with Gasteiger partial charge in [-0.2, -0.15) is 0 Å². The van der Waals surface area contributed by atoms with Crippen molar-refractivity contribution in [3.05, 3.63) is 53.3 Å². The highest BCUT2D eigenvalue weighted by atomic mass is 19.1. The summed E-state index contributed by atoms with van der Waals surface area (Å²) in [5.74, 6) is 0.291. The van der Waals surface area contributed by atoms with Gasteiger partial charge in [-0.1, -0.05) is 12.1 Å². The van der Waals surface area contributed by atoms with Crippen LogP contribution in [0, 0.1) is 12.7 Å². The van der Waals surface area contributed by atoms with Crippen LogP contribution in [0.2, 0.25) is 0 Å². The molecule has 2 rings (SSSR count). The molecule has 3 heteroatoms. The number of rotatable bonds is 3. The number of hydrogen-bond donors (Lipinski definition) is 0. The molecular formula is C15H13FO2. The Balaban J connectivity index is 2.45. The third kappa shape index (κ3) is 2.25.